The van der Waals surface area contributed by atoms with E-state index in [2.05, 4.69) is 20.8 Å². The van der Waals surface area contributed by atoms with Crippen LogP contribution in [0, 0.1) is 5.92 Å². The minimum Gasteiger partial charge on any atom is -0.338 e. The molecule has 2 aromatic rings. The van der Waals surface area contributed by atoms with E-state index >= 15 is 0 Å². The van der Waals surface area contributed by atoms with Crippen LogP contribution in [0.15, 0.2) is 36.7 Å². The van der Waals surface area contributed by atoms with Crippen LogP contribution in [0.3, 0.4) is 0 Å². The zero-order valence-corrected chi connectivity index (χ0v) is 12.6. The quantitative estimate of drug-likeness (QED) is 0.804. The van der Waals surface area contributed by atoms with E-state index in [-0.39, 0.29) is 6.03 Å². The topological polar surface area (TPSA) is 69.8 Å². The van der Waals surface area contributed by atoms with Gasteiger partial charge in [-0.1, -0.05) is 31.4 Å². The average Bonchev–Trinajstić information content (AvgIpc) is 3.09. The van der Waals surface area contributed by atoms with E-state index in [4.69, 9.17) is 0 Å². The predicted octanol–water partition coefficient (Wildman–Crippen LogP) is 3.78. The normalized spacial score (nSPS) is 15.5. The first-order chi connectivity index (χ1) is 10.8. The summed E-state index contributed by atoms with van der Waals surface area (Å²) in [5, 5.41) is 12.6. The van der Waals surface area contributed by atoms with Gasteiger partial charge in [-0.25, -0.2) is 4.79 Å². The van der Waals surface area contributed by atoms with Crippen molar-refractivity contribution in [3.63, 3.8) is 0 Å². The number of carbonyl (C=O) groups excluding carboxylic acids is 1. The fraction of sp³-hybridized carbons (Fsp3) is 0.412. The van der Waals surface area contributed by atoms with Gasteiger partial charge < -0.3 is 10.6 Å². The molecule has 1 aromatic heterocycles. The number of hydrogen-bond donors (Lipinski definition) is 3. The number of aromatic nitrogens is 2. The Balaban J connectivity index is 1.48. The Morgan fingerprint density at radius 2 is 1.91 bits per heavy atom. The van der Waals surface area contributed by atoms with Gasteiger partial charge in [-0.2, -0.15) is 5.10 Å². The van der Waals surface area contributed by atoms with Gasteiger partial charge in [0.25, 0.3) is 0 Å². The lowest BCUT2D eigenvalue weighted by molar-refractivity contribution is 0.247. The molecule has 0 unspecified atom stereocenters. The average molecular weight is 298 g/mol. The van der Waals surface area contributed by atoms with Crippen LogP contribution in [0.5, 0.6) is 0 Å². The number of urea groups is 1. The molecule has 0 radical (unpaired) electrons. The van der Waals surface area contributed by atoms with Crippen LogP contribution in [-0.4, -0.2) is 22.8 Å². The van der Waals surface area contributed by atoms with Crippen molar-refractivity contribution in [1.29, 1.82) is 0 Å². The van der Waals surface area contributed by atoms with E-state index in [1.54, 1.807) is 6.20 Å². The lowest BCUT2D eigenvalue weighted by atomic mass is 9.89. The molecule has 22 heavy (non-hydrogen) atoms. The van der Waals surface area contributed by atoms with Gasteiger partial charge in [0.2, 0.25) is 0 Å². The van der Waals surface area contributed by atoms with Gasteiger partial charge in [-0.15, -0.1) is 0 Å². The summed E-state index contributed by atoms with van der Waals surface area (Å²) in [5.74, 6) is 0.642. The smallest absolute Gasteiger partial charge is 0.319 e. The molecule has 5 nitrogen and oxygen atoms in total. The maximum atomic E-state index is 11.9. The summed E-state index contributed by atoms with van der Waals surface area (Å²) in [5.41, 5.74) is 2.91. The summed E-state index contributed by atoms with van der Waals surface area (Å²) in [6, 6.07) is 7.63. The molecule has 0 saturated heterocycles. The van der Waals surface area contributed by atoms with Crippen LogP contribution in [0.4, 0.5) is 10.5 Å². The largest absolute Gasteiger partial charge is 0.338 e. The van der Waals surface area contributed by atoms with Gasteiger partial charge in [-0.3, -0.25) is 5.10 Å². The number of amides is 2. The Kier molecular flexibility index (Phi) is 4.73. The molecule has 0 bridgehead atoms. The van der Waals surface area contributed by atoms with E-state index in [9.17, 15) is 4.79 Å². The van der Waals surface area contributed by atoms with E-state index in [0.29, 0.717) is 5.92 Å². The molecule has 1 fully saturated rings. The summed E-state index contributed by atoms with van der Waals surface area (Å²) in [7, 11) is 0. The number of carbonyl (C=O) groups is 1. The van der Waals surface area contributed by atoms with Crippen LogP contribution in [0.25, 0.3) is 11.1 Å². The van der Waals surface area contributed by atoms with Gasteiger partial charge in [0.1, 0.15) is 0 Å². The van der Waals surface area contributed by atoms with Crippen molar-refractivity contribution in [2.45, 2.75) is 32.1 Å². The first-order valence-electron chi connectivity index (χ1n) is 7.95. The molecule has 3 N–H and O–H groups in total. The van der Waals surface area contributed by atoms with Crippen molar-refractivity contribution in [3.05, 3.63) is 36.7 Å². The van der Waals surface area contributed by atoms with Crippen molar-refractivity contribution in [2.24, 2.45) is 5.92 Å². The van der Waals surface area contributed by atoms with E-state index in [1.165, 1.54) is 32.1 Å². The Hall–Kier alpha value is -2.30. The zero-order chi connectivity index (χ0) is 15.2. The highest BCUT2D eigenvalue weighted by Crippen LogP contribution is 2.23. The van der Waals surface area contributed by atoms with Crippen molar-refractivity contribution >= 4 is 11.7 Å². The summed E-state index contributed by atoms with van der Waals surface area (Å²) in [6.45, 7) is 0.777. The second-order valence-electron chi connectivity index (χ2n) is 5.90. The van der Waals surface area contributed by atoms with Gasteiger partial charge >= 0.3 is 6.03 Å². The molecule has 116 valence electrons. The zero-order valence-electron chi connectivity index (χ0n) is 12.6. The first kappa shape index (κ1) is 14.6. The molecule has 1 aromatic carbocycles. The fourth-order valence-corrected chi connectivity index (χ4v) is 2.96. The summed E-state index contributed by atoms with van der Waals surface area (Å²) >= 11 is 0. The molecule has 5 heteroatoms. The maximum Gasteiger partial charge on any atom is 0.319 e. The third-order valence-electron chi connectivity index (χ3n) is 4.25. The molecular weight excluding hydrogens is 276 g/mol. The number of rotatable bonds is 4. The van der Waals surface area contributed by atoms with Crippen molar-refractivity contribution in [1.82, 2.24) is 15.5 Å². The molecule has 3 rings (SSSR count). The highest BCUT2D eigenvalue weighted by molar-refractivity contribution is 5.89. The molecule has 1 heterocycles. The van der Waals surface area contributed by atoms with Crippen molar-refractivity contribution < 1.29 is 4.79 Å². The number of anilines is 1. The monoisotopic (exact) mass is 298 g/mol. The molecule has 1 aliphatic carbocycles. The number of benzene rings is 1. The van der Waals surface area contributed by atoms with Crippen LogP contribution in [-0.2, 0) is 0 Å². The number of H-pyrrole nitrogens is 1. The standard InChI is InChI=1S/C17H22N4O/c22-17(18-10-13-4-2-1-3-5-13)21-16-8-6-14(7-9-16)15-11-19-20-12-15/h6-9,11-13H,1-5,10H2,(H,19,20)(H2,18,21,22). The molecular formula is C17H22N4O. The Morgan fingerprint density at radius 1 is 1.14 bits per heavy atom. The van der Waals surface area contributed by atoms with Gasteiger partial charge in [-0.05, 0) is 36.5 Å². The van der Waals surface area contributed by atoms with Gasteiger partial charge in [0.15, 0.2) is 0 Å². The molecule has 0 spiro atoms. The van der Waals surface area contributed by atoms with Crippen LogP contribution >= 0.6 is 0 Å². The van der Waals surface area contributed by atoms with E-state index < -0.39 is 0 Å². The second kappa shape index (κ2) is 7.11. The summed E-state index contributed by atoms with van der Waals surface area (Å²) < 4.78 is 0. The van der Waals surface area contributed by atoms with Crippen molar-refractivity contribution in [2.75, 3.05) is 11.9 Å². The number of aromatic amines is 1. The van der Waals surface area contributed by atoms with Crippen LogP contribution in [0.2, 0.25) is 0 Å². The van der Waals surface area contributed by atoms with E-state index in [0.717, 1.165) is 23.4 Å². The predicted molar refractivity (Wildman–Crippen MR) is 87.6 cm³/mol. The minimum absolute atomic E-state index is 0.123. The number of nitrogens with one attached hydrogen (secondary N) is 3. The summed E-state index contributed by atoms with van der Waals surface area (Å²) in [4.78, 5) is 11.9. The molecule has 1 saturated carbocycles. The van der Waals surface area contributed by atoms with Gasteiger partial charge in [0, 0.05) is 24.0 Å². The highest BCUT2D eigenvalue weighted by atomic mass is 16.2. The Labute approximate surface area is 130 Å². The SMILES string of the molecule is O=C(NCC1CCCCC1)Nc1ccc(-c2cn[nH]c2)cc1. The number of hydrogen-bond acceptors (Lipinski definition) is 2. The molecule has 0 atom stereocenters. The minimum atomic E-state index is -0.123. The Morgan fingerprint density at radius 3 is 2.59 bits per heavy atom. The third-order valence-corrected chi connectivity index (χ3v) is 4.25. The van der Waals surface area contributed by atoms with Crippen LogP contribution in [0.1, 0.15) is 32.1 Å². The molecule has 0 aliphatic heterocycles. The Bertz CT molecular complexity index is 586. The number of nitrogens with zero attached hydrogens (tertiary/aromatic N) is 1. The first-order valence-corrected chi connectivity index (χ1v) is 7.95. The second-order valence-corrected chi connectivity index (χ2v) is 5.90. The third kappa shape index (κ3) is 3.87. The molecule has 2 amide bonds. The van der Waals surface area contributed by atoms with E-state index in [1.807, 2.05) is 30.5 Å². The lowest BCUT2D eigenvalue weighted by Gasteiger charge is -2.21. The maximum absolute atomic E-state index is 11.9. The summed E-state index contributed by atoms with van der Waals surface area (Å²) in [6.07, 6.45) is 10.0. The van der Waals surface area contributed by atoms with Gasteiger partial charge in [0.05, 0.1) is 6.20 Å². The van der Waals surface area contributed by atoms with Crippen LogP contribution < -0.4 is 10.6 Å². The van der Waals surface area contributed by atoms with Crippen molar-refractivity contribution in [3.8, 4) is 11.1 Å². The molecule has 1 aliphatic rings. The fourth-order valence-electron chi connectivity index (χ4n) is 2.96. The highest BCUT2D eigenvalue weighted by Gasteiger charge is 2.14. The lowest BCUT2D eigenvalue weighted by Crippen LogP contribution is -2.33.